The highest BCUT2D eigenvalue weighted by molar-refractivity contribution is 7.80. The third-order valence-corrected chi connectivity index (χ3v) is 4.27. The van der Waals surface area contributed by atoms with E-state index in [-0.39, 0.29) is 12.1 Å². The molecule has 3 nitrogen and oxygen atoms in total. The molecule has 0 bridgehead atoms. The topological polar surface area (TPSA) is 49.5 Å². The Hall–Kier alpha value is -1.13. The van der Waals surface area contributed by atoms with Crippen LogP contribution in [0.25, 0.3) is 0 Å². The zero-order valence-corrected chi connectivity index (χ0v) is 12.4. The highest BCUT2D eigenvalue weighted by atomic mass is 32.1. The summed E-state index contributed by atoms with van der Waals surface area (Å²) in [6, 6.07) is 6.14. The molecule has 1 aliphatic carbocycles. The lowest BCUT2D eigenvalue weighted by Crippen LogP contribution is -2.44. The molecule has 2 unspecified atom stereocenters. The third kappa shape index (κ3) is 2.90. The van der Waals surface area contributed by atoms with Crippen LogP contribution in [-0.4, -0.2) is 29.3 Å². The minimum atomic E-state index is -0.266. The van der Waals surface area contributed by atoms with Gasteiger partial charge in [0.1, 0.15) is 4.99 Å². The number of para-hydroxylation sites is 1. The first-order chi connectivity index (χ1) is 9.02. The van der Waals surface area contributed by atoms with Crippen LogP contribution in [0.3, 0.4) is 0 Å². The van der Waals surface area contributed by atoms with E-state index in [1.807, 2.05) is 19.2 Å². The van der Waals surface area contributed by atoms with Crippen LogP contribution >= 0.6 is 12.2 Å². The van der Waals surface area contributed by atoms with Crippen LogP contribution in [0.15, 0.2) is 18.2 Å². The molecule has 3 N–H and O–H groups in total. The van der Waals surface area contributed by atoms with Crippen molar-refractivity contribution in [2.45, 2.75) is 44.8 Å². The Morgan fingerprint density at radius 1 is 1.37 bits per heavy atom. The molecule has 1 aromatic rings. The molecule has 1 saturated carbocycles. The second kappa shape index (κ2) is 5.88. The third-order valence-electron chi connectivity index (χ3n) is 4.05. The van der Waals surface area contributed by atoms with E-state index in [4.69, 9.17) is 18.0 Å². The van der Waals surface area contributed by atoms with E-state index in [2.05, 4.69) is 17.9 Å². The van der Waals surface area contributed by atoms with Gasteiger partial charge in [0.05, 0.1) is 12.1 Å². The van der Waals surface area contributed by atoms with Crippen LogP contribution < -0.4 is 10.6 Å². The molecule has 1 aromatic carbocycles. The molecule has 1 fully saturated rings. The van der Waals surface area contributed by atoms with Crippen molar-refractivity contribution in [3.05, 3.63) is 29.3 Å². The standard InChI is InChI=1S/C15H22N2OS/c1-10-6-5-7-11(15(16)19)14(10)17(2)12-8-3-4-9-13(12)18/h5-7,12-13,18H,3-4,8-9H2,1-2H3,(H2,16,19). The average molecular weight is 278 g/mol. The Kier molecular flexibility index (Phi) is 4.42. The molecular weight excluding hydrogens is 256 g/mol. The monoisotopic (exact) mass is 278 g/mol. The molecule has 2 atom stereocenters. The fourth-order valence-corrected chi connectivity index (χ4v) is 3.20. The fraction of sp³-hybridized carbons (Fsp3) is 0.533. The van der Waals surface area contributed by atoms with Gasteiger partial charge in [-0.05, 0) is 31.4 Å². The number of hydrogen-bond acceptors (Lipinski definition) is 3. The number of nitrogens with two attached hydrogens (primary N) is 1. The molecule has 2 rings (SSSR count). The van der Waals surface area contributed by atoms with Crippen molar-refractivity contribution in [2.24, 2.45) is 5.73 Å². The summed E-state index contributed by atoms with van der Waals surface area (Å²) in [7, 11) is 2.03. The van der Waals surface area contributed by atoms with E-state index in [0.29, 0.717) is 4.99 Å². The van der Waals surface area contributed by atoms with Crippen molar-refractivity contribution in [2.75, 3.05) is 11.9 Å². The van der Waals surface area contributed by atoms with E-state index in [9.17, 15) is 5.11 Å². The van der Waals surface area contributed by atoms with E-state index >= 15 is 0 Å². The predicted octanol–water partition coefficient (Wildman–Crippen LogP) is 2.37. The van der Waals surface area contributed by atoms with Crippen LogP contribution in [0.5, 0.6) is 0 Å². The van der Waals surface area contributed by atoms with Gasteiger partial charge >= 0.3 is 0 Å². The summed E-state index contributed by atoms with van der Waals surface area (Å²) in [5.74, 6) is 0. The lowest BCUT2D eigenvalue weighted by molar-refractivity contribution is 0.106. The summed E-state index contributed by atoms with van der Waals surface area (Å²) < 4.78 is 0. The Morgan fingerprint density at radius 3 is 2.68 bits per heavy atom. The maximum Gasteiger partial charge on any atom is 0.106 e. The summed E-state index contributed by atoms with van der Waals surface area (Å²) in [4.78, 5) is 2.57. The van der Waals surface area contributed by atoms with Crippen LogP contribution in [0.2, 0.25) is 0 Å². The van der Waals surface area contributed by atoms with Gasteiger partial charge in [0.25, 0.3) is 0 Å². The van der Waals surface area contributed by atoms with Gasteiger partial charge < -0.3 is 15.7 Å². The highest BCUT2D eigenvalue weighted by Crippen LogP contribution is 2.31. The molecule has 0 aromatic heterocycles. The minimum Gasteiger partial charge on any atom is -0.391 e. The number of rotatable bonds is 3. The minimum absolute atomic E-state index is 0.156. The van der Waals surface area contributed by atoms with Gasteiger partial charge in [-0.1, -0.05) is 37.2 Å². The van der Waals surface area contributed by atoms with E-state index < -0.39 is 0 Å². The number of aliphatic hydroxyl groups is 1. The molecule has 104 valence electrons. The molecule has 4 heteroatoms. The van der Waals surface area contributed by atoms with Gasteiger partial charge in [0, 0.05) is 18.3 Å². The van der Waals surface area contributed by atoms with Crippen LogP contribution in [0.1, 0.15) is 36.8 Å². The number of aryl methyl sites for hydroxylation is 1. The lowest BCUT2D eigenvalue weighted by atomic mass is 9.90. The predicted molar refractivity (Wildman–Crippen MR) is 83.7 cm³/mol. The number of aliphatic hydroxyl groups excluding tert-OH is 1. The van der Waals surface area contributed by atoms with Crippen molar-refractivity contribution in [3.8, 4) is 0 Å². The summed E-state index contributed by atoms with van der Waals surface area (Å²) >= 11 is 5.15. The number of anilines is 1. The first kappa shape index (κ1) is 14.3. The van der Waals surface area contributed by atoms with Gasteiger partial charge in [0.2, 0.25) is 0 Å². The molecule has 0 amide bonds. The van der Waals surface area contributed by atoms with Crippen LogP contribution in [-0.2, 0) is 0 Å². The number of thiocarbonyl (C=S) groups is 1. The average Bonchev–Trinajstić information content (AvgIpc) is 2.38. The highest BCUT2D eigenvalue weighted by Gasteiger charge is 2.28. The molecular formula is C15H22N2OS. The van der Waals surface area contributed by atoms with Gasteiger partial charge in [-0.25, -0.2) is 0 Å². The van der Waals surface area contributed by atoms with Gasteiger partial charge in [-0.3, -0.25) is 0 Å². The maximum absolute atomic E-state index is 10.2. The van der Waals surface area contributed by atoms with E-state index in [1.165, 1.54) is 6.42 Å². The second-order valence-electron chi connectivity index (χ2n) is 5.37. The maximum atomic E-state index is 10.2. The molecule has 0 aliphatic heterocycles. The Morgan fingerprint density at radius 2 is 2.05 bits per heavy atom. The van der Waals surface area contributed by atoms with Crippen LogP contribution in [0, 0.1) is 6.92 Å². The first-order valence-corrected chi connectivity index (χ1v) is 7.23. The van der Waals surface area contributed by atoms with Gasteiger partial charge in [0.15, 0.2) is 0 Å². The van der Waals surface area contributed by atoms with Crippen LogP contribution in [0.4, 0.5) is 5.69 Å². The van der Waals surface area contributed by atoms with Crippen molar-refractivity contribution in [3.63, 3.8) is 0 Å². The Bertz CT molecular complexity index is 475. The Labute approximate surface area is 120 Å². The smallest absolute Gasteiger partial charge is 0.106 e. The van der Waals surface area contributed by atoms with Gasteiger partial charge in [-0.2, -0.15) is 0 Å². The summed E-state index contributed by atoms with van der Waals surface area (Å²) in [5, 5.41) is 10.2. The lowest BCUT2D eigenvalue weighted by Gasteiger charge is -2.38. The quantitative estimate of drug-likeness (QED) is 0.834. The molecule has 0 saturated heterocycles. The summed E-state index contributed by atoms with van der Waals surface area (Å²) in [5.41, 5.74) is 8.93. The van der Waals surface area contributed by atoms with Crippen molar-refractivity contribution < 1.29 is 5.11 Å². The first-order valence-electron chi connectivity index (χ1n) is 6.82. The summed E-state index contributed by atoms with van der Waals surface area (Å²) in [6.07, 6.45) is 3.91. The number of hydrogen-bond donors (Lipinski definition) is 2. The van der Waals surface area contributed by atoms with Crippen molar-refractivity contribution >= 4 is 22.9 Å². The zero-order valence-electron chi connectivity index (χ0n) is 11.6. The number of nitrogens with zero attached hydrogens (tertiary/aromatic N) is 1. The Balaban J connectivity index is 2.37. The molecule has 19 heavy (non-hydrogen) atoms. The van der Waals surface area contributed by atoms with Gasteiger partial charge in [-0.15, -0.1) is 0 Å². The second-order valence-corrected chi connectivity index (χ2v) is 5.81. The zero-order chi connectivity index (χ0) is 14.0. The normalized spacial score (nSPS) is 23.1. The number of benzene rings is 1. The summed E-state index contributed by atoms with van der Waals surface area (Å²) in [6.45, 7) is 2.06. The van der Waals surface area contributed by atoms with E-state index in [0.717, 1.165) is 36.1 Å². The SMILES string of the molecule is Cc1cccc(C(N)=S)c1N(C)C1CCCCC1O. The fourth-order valence-electron chi connectivity index (χ4n) is 3.04. The molecule has 0 radical (unpaired) electrons. The number of likely N-dealkylation sites (N-methyl/N-ethyl adjacent to an activating group) is 1. The van der Waals surface area contributed by atoms with Crippen molar-refractivity contribution in [1.29, 1.82) is 0 Å². The van der Waals surface area contributed by atoms with Crippen molar-refractivity contribution in [1.82, 2.24) is 0 Å². The van der Waals surface area contributed by atoms with E-state index in [1.54, 1.807) is 0 Å². The largest absolute Gasteiger partial charge is 0.391 e. The molecule has 1 aliphatic rings. The molecule has 0 heterocycles. The molecule has 0 spiro atoms.